The SMILES string of the molecule is CC(C)N1CCC2(CC1)COCN2F. The maximum absolute atomic E-state index is 13.5. The van der Waals surface area contributed by atoms with Crippen LogP contribution >= 0.6 is 0 Å². The molecule has 2 aliphatic rings. The molecule has 0 atom stereocenters. The third kappa shape index (κ3) is 1.66. The van der Waals surface area contributed by atoms with Gasteiger partial charge < -0.3 is 9.64 Å². The summed E-state index contributed by atoms with van der Waals surface area (Å²) in [6.45, 7) is 7.08. The largest absolute Gasteiger partial charge is 0.362 e. The molecule has 0 bridgehead atoms. The zero-order valence-corrected chi connectivity index (χ0v) is 9.00. The van der Waals surface area contributed by atoms with E-state index in [9.17, 15) is 4.48 Å². The molecule has 0 aromatic heterocycles. The summed E-state index contributed by atoms with van der Waals surface area (Å²) in [7, 11) is 0. The molecular formula is C10H19FN2O. The highest BCUT2D eigenvalue weighted by Crippen LogP contribution is 2.34. The first-order chi connectivity index (χ1) is 6.64. The highest BCUT2D eigenvalue weighted by molar-refractivity contribution is 4.95. The lowest BCUT2D eigenvalue weighted by atomic mass is 9.88. The van der Waals surface area contributed by atoms with Crippen LogP contribution in [0, 0.1) is 0 Å². The molecule has 14 heavy (non-hydrogen) atoms. The second kappa shape index (κ2) is 3.76. The van der Waals surface area contributed by atoms with Gasteiger partial charge >= 0.3 is 0 Å². The van der Waals surface area contributed by atoms with Crippen LogP contribution in [0.1, 0.15) is 26.7 Å². The number of halogens is 1. The fourth-order valence-electron chi connectivity index (χ4n) is 2.37. The number of piperidine rings is 1. The zero-order chi connectivity index (χ0) is 10.2. The van der Waals surface area contributed by atoms with Gasteiger partial charge in [-0.05, 0) is 26.7 Å². The van der Waals surface area contributed by atoms with Crippen molar-refractivity contribution < 1.29 is 9.22 Å². The Morgan fingerprint density at radius 2 is 1.93 bits per heavy atom. The molecule has 0 N–H and O–H groups in total. The van der Waals surface area contributed by atoms with Gasteiger partial charge in [0, 0.05) is 19.1 Å². The van der Waals surface area contributed by atoms with E-state index in [4.69, 9.17) is 4.74 Å². The van der Waals surface area contributed by atoms with Crippen molar-refractivity contribution in [2.75, 3.05) is 26.4 Å². The van der Waals surface area contributed by atoms with Crippen LogP contribution < -0.4 is 0 Å². The van der Waals surface area contributed by atoms with Crippen LogP contribution in [0.2, 0.25) is 0 Å². The van der Waals surface area contributed by atoms with Crippen LogP contribution in [0.4, 0.5) is 4.48 Å². The average Bonchev–Trinajstić information content (AvgIpc) is 2.49. The monoisotopic (exact) mass is 202 g/mol. The molecular weight excluding hydrogens is 183 g/mol. The van der Waals surface area contributed by atoms with Crippen molar-refractivity contribution in [1.82, 2.24) is 10.0 Å². The maximum atomic E-state index is 13.5. The Balaban J connectivity index is 1.94. The number of hydrogen-bond donors (Lipinski definition) is 0. The van der Waals surface area contributed by atoms with Crippen LogP contribution in [-0.4, -0.2) is 48.0 Å². The molecule has 0 aromatic carbocycles. The van der Waals surface area contributed by atoms with E-state index in [0.717, 1.165) is 31.1 Å². The zero-order valence-electron chi connectivity index (χ0n) is 9.00. The van der Waals surface area contributed by atoms with E-state index in [-0.39, 0.29) is 12.3 Å². The first kappa shape index (κ1) is 10.3. The van der Waals surface area contributed by atoms with Crippen molar-refractivity contribution >= 4 is 0 Å². The molecule has 2 fully saturated rings. The van der Waals surface area contributed by atoms with Crippen LogP contribution in [0.25, 0.3) is 0 Å². The minimum absolute atomic E-state index is 0.154. The summed E-state index contributed by atoms with van der Waals surface area (Å²) in [6, 6.07) is 0.572. The number of hydrogen-bond acceptors (Lipinski definition) is 3. The van der Waals surface area contributed by atoms with E-state index >= 15 is 0 Å². The second-order valence-electron chi connectivity index (χ2n) is 4.69. The molecule has 3 nitrogen and oxygen atoms in total. The third-order valence-corrected chi connectivity index (χ3v) is 3.55. The van der Waals surface area contributed by atoms with Crippen molar-refractivity contribution in [3.63, 3.8) is 0 Å². The normalized spacial score (nSPS) is 29.1. The summed E-state index contributed by atoms with van der Waals surface area (Å²) in [4.78, 5) is 2.40. The van der Waals surface area contributed by atoms with Crippen LogP contribution in [0.15, 0.2) is 0 Å². The Morgan fingerprint density at radius 3 is 2.36 bits per heavy atom. The van der Waals surface area contributed by atoms with Gasteiger partial charge in [-0.2, -0.15) is 0 Å². The maximum Gasteiger partial charge on any atom is 0.128 e. The molecule has 0 saturated carbocycles. The van der Waals surface area contributed by atoms with Crippen molar-refractivity contribution in [1.29, 1.82) is 0 Å². The molecule has 0 aromatic rings. The highest BCUT2D eigenvalue weighted by Gasteiger charge is 2.45. The van der Waals surface area contributed by atoms with Gasteiger partial charge in [-0.3, -0.25) is 0 Å². The first-order valence-corrected chi connectivity index (χ1v) is 5.39. The van der Waals surface area contributed by atoms with E-state index in [1.54, 1.807) is 0 Å². The summed E-state index contributed by atoms with van der Waals surface area (Å²) in [6.07, 6.45) is 1.78. The number of likely N-dealkylation sites (tertiary alicyclic amines) is 1. The van der Waals surface area contributed by atoms with Crippen LogP contribution in [0.5, 0.6) is 0 Å². The third-order valence-electron chi connectivity index (χ3n) is 3.55. The van der Waals surface area contributed by atoms with E-state index in [1.165, 1.54) is 0 Å². The quantitative estimate of drug-likeness (QED) is 0.598. The van der Waals surface area contributed by atoms with Gasteiger partial charge in [-0.15, -0.1) is 9.60 Å². The fourth-order valence-corrected chi connectivity index (χ4v) is 2.37. The molecule has 2 heterocycles. The molecule has 82 valence electrons. The molecule has 0 radical (unpaired) electrons. The Labute approximate surface area is 84.7 Å². The Bertz CT molecular complexity index is 202. The smallest absolute Gasteiger partial charge is 0.128 e. The van der Waals surface area contributed by atoms with Crippen molar-refractivity contribution in [2.24, 2.45) is 0 Å². The lowest BCUT2D eigenvalue weighted by Crippen LogP contribution is -2.52. The van der Waals surface area contributed by atoms with Gasteiger partial charge in [0.05, 0.1) is 12.1 Å². The van der Waals surface area contributed by atoms with Crippen LogP contribution in [0.3, 0.4) is 0 Å². The molecule has 2 rings (SSSR count). The Kier molecular flexibility index (Phi) is 2.77. The molecule has 2 aliphatic heterocycles. The lowest BCUT2D eigenvalue weighted by molar-refractivity contribution is -0.0855. The first-order valence-electron chi connectivity index (χ1n) is 5.39. The molecule has 2 saturated heterocycles. The van der Waals surface area contributed by atoms with Gasteiger partial charge in [0.2, 0.25) is 0 Å². The topological polar surface area (TPSA) is 15.7 Å². The van der Waals surface area contributed by atoms with E-state index in [2.05, 4.69) is 18.7 Å². The van der Waals surface area contributed by atoms with Gasteiger partial charge in [0.1, 0.15) is 6.73 Å². The standard InChI is InChI=1S/C10H19FN2O/c1-9(2)12-5-3-10(4-6-12)7-14-8-13(10)11/h9H,3-8H2,1-2H3. The van der Waals surface area contributed by atoms with Crippen molar-refractivity contribution in [3.8, 4) is 0 Å². The summed E-state index contributed by atoms with van der Waals surface area (Å²) in [5, 5.41) is 0.894. The predicted octanol–water partition coefficient (Wildman–Crippen LogP) is 1.40. The highest BCUT2D eigenvalue weighted by atomic mass is 19.2. The van der Waals surface area contributed by atoms with Gasteiger partial charge in [-0.25, -0.2) is 0 Å². The van der Waals surface area contributed by atoms with Crippen LogP contribution in [-0.2, 0) is 4.74 Å². The van der Waals surface area contributed by atoms with Gasteiger partial charge in [-0.1, -0.05) is 0 Å². The molecule has 0 unspecified atom stereocenters. The number of nitrogens with zero attached hydrogens (tertiary/aromatic N) is 2. The van der Waals surface area contributed by atoms with E-state index < -0.39 is 0 Å². The minimum Gasteiger partial charge on any atom is -0.362 e. The molecule has 4 heteroatoms. The number of rotatable bonds is 1. The Hall–Kier alpha value is -0.190. The molecule has 1 spiro atoms. The summed E-state index contributed by atoms with van der Waals surface area (Å²) in [5.74, 6) is 0. The molecule has 0 amide bonds. The Morgan fingerprint density at radius 1 is 1.29 bits per heavy atom. The van der Waals surface area contributed by atoms with Crippen molar-refractivity contribution in [3.05, 3.63) is 0 Å². The summed E-state index contributed by atoms with van der Waals surface area (Å²) >= 11 is 0. The summed E-state index contributed by atoms with van der Waals surface area (Å²) < 4.78 is 18.7. The van der Waals surface area contributed by atoms with E-state index in [1.807, 2.05) is 0 Å². The minimum atomic E-state index is -0.300. The van der Waals surface area contributed by atoms with Gasteiger partial charge in [0.25, 0.3) is 0 Å². The predicted molar refractivity (Wildman–Crippen MR) is 52.4 cm³/mol. The second-order valence-corrected chi connectivity index (χ2v) is 4.69. The molecule has 0 aliphatic carbocycles. The lowest BCUT2D eigenvalue weighted by Gasteiger charge is -2.41. The average molecular weight is 202 g/mol. The van der Waals surface area contributed by atoms with E-state index in [0.29, 0.717) is 12.6 Å². The van der Waals surface area contributed by atoms with Gasteiger partial charge in [0.15, 0.2) is 0 Å². The fraction of sp³-hybridized carbons (Fsp3) is 1.00. The number of ether oxygens (including phenoxy) is 1. The van der Waals surface area contributed by atoms with Crippen molar-refractivity contribution in [2.45, 2.75) is 38.3 Å². The summed E-state index contributed by atoms with van der Waals surface area (Å²) in [5.41, 5.74) is -0.300.